The number of carbonyl (C=O) groups excluding carboxylic acids is 3. The zero-order chi connectivity index (χ0) is 20.1. The van der Waals surface area contributed by atoms with Gasteiger partial charge in [0.15, 0.2) is 0 Å². The summed E-state index contributed by atoms with van der Waals surface area (Å²) in [4.78, 5) is 37.8. The molecule has 0 bridgehead atoms. The molecule has 3 rings (SSSR count). The molecule has 0 N–H and O–H groups in total. The Kier molecular flexibility index (Phi) is 5.74. The van der Waals surface area contributed by atoms with E-state index in [0.717, 1.165) is 10.6 Å². The topological polar surface area (TPSA) is 82.1 Å². The summed E-state index contributed by atoms with van der Waals surface area (Å²) < 4.78 is 15.7. The molecular weight excluding hydrogens is 362 g/mol. The Morgan fingerprint density at radius 1 is 1.00 bits per heavy atom. The second-order valence-corrected chi connectivity index (χ2v) is 5.93. The Morgan fingerprint density at radius 3 is 2.36 bits per heavy atom. The van der Waals surface area contributed by atoms with E-state index >= 15 is 0 Å². The van der Waals surface area contributed by atoms with Crippen LogP contribution < -0.4 is 9.47 Å². The summed E-state index contributed by atoms with van der Waals surface area (Å²) in [5.74, 6) is -0.0930. The Bertz CT molecular complexity index is 919. The van der Waals surface area contributed by atoms with Crippen LogP contribution in [0.2, 0.25) is 0 Å². The zero-order valence-electron chi connectivity index (χ0n) is 15.3. The summed E-state index contributed by atoms with van der Waals surface area (Å²) in [6.45, 7) is 3.87. The molecule has 1 aliphatic heterocycles. The van der Waals surface area contributed by atoms with E-state index in [1.807, 2.05) is 0 Å². The highest BCUT2D eigenvalue weighted by molar-refractivity contribution is 6.22. The molecular formula is C21H19NO6. The molecule has 0 fully saturated rings. The summed E-state index contributed by atoms with van der Waals surface area (Å²) in [7, 11) is 1.58. The normalized spacial score (nSPS) is 12.5. The lowest BCUT2D eigenvalue weighted by Gasteiger charge is -2.09. The number of fused-ring (bicyclic) bond motifs is 1. The first-order valence-electron chi connectivity index (χ1n) is 8.60. The number of esters is 1. The van der Waals surface area contributed by atoms with Gasteiger partial charge in [-0.2, -0.15) is 0 Å². The second kappa shape index (κ2) is 8.39. The van der Waals surface area contributed by atoms with Crippen molar-refractivity contribution in [2.24, 2.45) is 0 Å². The molecule has 7 nitrogen and oxygen atoms in total. The number of ether oxygens (including phenoxy) is 3. The largest absolute Gasteiger partial charge is 0.497 e. The molecule has 0 unspecified atom stereocenters. The number of rotatable bonds is 8. The summed E-state index contributed by atoms with van der Waals surface area (Å²) in [6, 6.07) is 11.3. The molecule has 0 atom stereocenters. The number of nitrogens with zero attached hydrogens (tertiary/aromatic N) is 1. The molecule has 0 spiro atoms. The molecule has 7 heteroatoms. The van der Waals surface area contributed by atoms with Crippen molar-refractivity contribution in [3.63, 3.8) is 0 Å². The smallest absolute Gasteiger partial charge is 0.338 e. The Labute approximate surface area is 162 Å². The highest BCUT2D eigenvalue weighted by atomic mass is 16.6. The number of carbonyl (C=O) groups is 3. The Morgan fingerprint density at radius 2 is 1.68 bits per heavy atom. The van der Waals surface area contributed by atoms with Gasteiger partial charge in [-0.25, -0.2) is 4.79 Å². The average molecular weight is 381 g/mol. The Hall–Kier alpha value is -3.61. The monoisotopic (exact) mass is 381 g/mol. The molecule has 0 aliphatic carbocycles. The SMILES string of the molecule is C=CCN1C(=O)c2ccc(C(=O)OCCOc3ccc(OC)cc3)cc2C1=O. The van der Waals surface area contributed by atoms with Gasteiger partial charge in [0.05, 0.1) is 23.8 Å². The van der Waals surface area contributed by atoms with Gasteiger partial charge in [-0.05, 0) is 42.5 Å². The number of methoxy groups -OCH3 is 1. The highest BCUT2D eigenvalue weighted by Gasteiger charge is 2.35. The van der Waals surface area contributed by atoms with Crippen LogP contribution in [0, 0.1) is 0 Å². The quantitative estimate of drug-likeness (QED) is 0.303. The lowest BCUT2D eigenvalue weighted by molar-refractivity contribution is 0.0450. The summed E-state index contributed by atoms with van der Waals surface area (Å²) >= 11 is 0. The van der Waals surface area contributed by atoms with Gasteiger partial charge in [0.2, 0.25) is 0 Å². The maximum Gasteiger partial charge on any atom is 0.338 e. The predicted octanol–water partition coefficient (Wildman–Crippen LogP) is 2.71. The van der Waals surface area contributed by atoms with E-state index in [1.165, 1.54) is 24.3 Å². The molecule has 28 heavy (non-hydrogen) atoms. The van der Waals surface area contributed by atoms with Crippen molar-refractivity contribution in [3.05, 3.63) is 71.8 Å². The standard InChI is InChI=1S/C21H19NO6/c1-3-10-22-19(23)17-9-4-14(13-18(17)20(22)24)21(25)28-12-11-27-16-7-5-15(26-2)6-8-16/h3-9,13H,1,10-12H2,2H3. The van der Waals surface area contributed by atoms with Crippen LogP contribution in [-0.4, -0.2) is 49.6 Å². The fraction of sp³-hybridized carbons (Fsp3) is 0.190. The van der Waals surface area contributed by atoms with Crippen LogP contribution in [0.1, 0.15) is 31.1 Å². The van der Waals surface area contributed by atoms with Crippen LogP contribution >= 0.6 is 0 Å². The lowest BCUT2D eigenvalue weighted by atomic mass is 10.1. The summed E-state index contributed by atoms with van der Waals surface area (Å²) in [5.41, 5.74) is 0.659. The van der Waals surface area contributed by atoms with Crippen molar-refractivity contribution in [2.75, 3.05) is 26.9 Å². The van der Waals surface area contributed by atoms with Gasteiger partial charge in [0.25, 0.3) is 11.8 Å². The van der Waals surface area contributed by atoms with Crippen molar-refractivity contribution in [2.45, 2.75) is 0 Å². The van der Waals surface area contributed by atoms with Gasteiger partial charge in [-0.15, -0.1) is 6.58 Å². The maximum absolute atomic E-state index is 12.3. The van der Waals surface area contributed by atoms with E-state index in [-0.39, 0.29) is 36.4 Å². The van der Waals surface area contributed by atoms with Gasteiger partial charge in [-0.3, -0.25) is 14.5 Å². The number of hydrogen-bond acceptors (Lipinski definition) is 6. The lowest BCUT2D eigenvalue weighted by Crippen LogP contribution is -2.29. The van der Waals surface area contributed by atoms with Crippen molar-refractivity contribution in [3.8, 4) is 11.5 Å². The molecule has 0 aromatic heterocycles. The Balaban J connectivity index is 1.56. The van der Waals surface area contributed by atoms with Crippen molar-refractivity contribution < 1.29 is 28.6 Å². The number of hydrogen-bond donors (Lipinski definition) is 0. The van der Waals surface area contributed by atoms with Gasteiger partial charge in [-0.1, -0.05) is 6.08 Å². The number of imide groups is 1. The van der Waals surface area contributed by atoms with Crippen molar-refractivity contribution in [1.29, 1.82) is 0 Å². The van der Waals surface area contributed by atoms with Crippen LogP contribution in [0.4, 0.5) is 0 Å². The third-order valence-electron chi connectivity index (χ3n) is 4.16. The van der Waals surface area contributed by atoms with Crippen LogP contribution in [0.15, 0.2) is 55.1 Å². The molecule has 0 saturated heterocycles. The third-order valence-corrected chi connectivity index (χ3v) is 4.16. The molecule has 2 aromatic carbocycles. The summed E-state index contributed by atoms with van der Waals surface area (Å²) in [6.07, 6.45) is 1.47. The molecule has 0 saturated carbocycles. The molecule has 2 aromatic rings. The van der Waals surface area contributed by atoms with Crippen LogP contribution in [0.25, 0.3) is 0 Å². The van der Waals surface area contributed by atoms with Gasteiger partial charge >= 0.3 is 5.97 Å². The van der Waals surface area contributed by atoms with Crippen LogP contribution in [0.5, 0.6) is 11.5 Å². The first-order valence-corrected chi connectivity index (χ1v) is 8.60. The first-order chi connectivity index (χ1) is 13.5. The third kappa shape index (κ3) is 3.88. The fourth-order valence-electron chi connectivity index (χ4n) is 2.76. The zero-order valence-corrected chi connectivity index (χ0v) is 15.3. The molecule has 144 valence electrons. The van der Waals surface area contributed by atoms with Gasteiger partial charge in [0.1, 0.15) is 24.7 Å². The second-order valence-electron chi connectivity index (χ2n) is 5.93. The maximum atomic E-state index is 12.3. The van der Waals surface area contributed by atoms with E-state index in [4.69, 9.17) is 14.2 Å². The first kappa shape index (κ1) is 19.2. The van der Waals surface area contributed by atoms with E-state index < -0.39 is 17.8 Å². The van der Waals surface area contributed by atoms with Gasteiger partial charge in [0, 0.05) is 6.54 Å². The molecule has 1 heterocycles. The van der Waals surface area contributed by atoms with Crippen LogP contribution in [-0.2, 0) is 4.74 Å². The minimum absolute atomic E-state index is 0.0391. The molecule has 0 radical (unpaired) electrons. The molecule has 1 aliphatic rings. The predicted molar refractivity (Wildman–Crippen MR) is 101 cm³/mol. The van der Waals surface area contributed by atoms with Crippen LogP contribution in [0.3, 0.4) is 0 Å². The van der Waals surface area contributed by atoms with Gasteiger partial charge < -0.3 is 14.2 Å². The highest BCUT2D eigenvalue weighted by Crippen LogP contribution is 2.24. The number of benzene rings is 2. The fourth-order valence-corrected chi connectivity index (χ4v) is 2.76. The van der Waals surface area contributed by atoms with Crippen molar-refractivity contribution >= 4 is 17.8 Å². The number of amides is 2. The minimum Gasteiger partial charge on any atom is -0.497 e. The average Bonchev–Trinajstić information content (AvgIpc) is 2.96. The van der Waals surface area contributed by atoms with E-state index in [9.17, 15) is 14.4 Å². The molecule has 2 amide bonds. The van der Waals surface area contributed by atoms with E-state index in [1.54, 1.807) is 31.4 Å². The minimum atomic E-state index is -0.594. The van der Waals surface area contributed by atoms with E-state index in [0.29, 0.717) is 5.75 Å². The van der Waals surface area contributed by atoms with E-state index in [2.05, 4.69) is 6.58 Å². The summed E-state index contributed by atoms with van der Waals surface area (Å²) in [5, 5.41) is 0. The van der Waals surface area contributed by atoms with Crippen molar-refractivity contribution in [1.82, 2.24) is 4.90 Å².